The number of anilines is 2. The summed E-state index contributed by atoms with van der Waals surface area (Å²) in [6.45, 7) is 16.7. The molecular weight excluding hydrogens is 808 g/mol. The van der Waals surface area contributed by atoms with Gasteiger partial charge in [-0.3, -0.25) is 0 Å². The van der Waals surface area contributed by atoms with Gasteiger partial charge in [0.05, 0.1) is 11.0 Å². The molecule has 3 aromatic heterocycles. The molecule has 3 nitrogen and oxygen atoms in total. The Bertz CT molecular complexity index is 3890. The van der Waals surface area contributed by atoms with Gasteiger partial charge in [-0.1, -0.05) is 139 Å². The molecule has 14 rings (SSSR count). The molecule has 0 radical (unpaired) electrons. The predicted octanol–water partition coefficient (Wildman–Crippen LogP) is 15.6. The van der Waals surface area contributed by atoms with Crippen LogP contribution in [0.25, 0.3) is 91.9 Å². The van der Waals surface area contributed by atoms with Gasteiger partial charge >= 0.3 is 6.85 Å². The highest BCUT2D eigenvalue weighted by atomic mass is 32.1. The summed E-state index contributed by atoms with van der Waals surface area (Å²) in [5, 5.41) is 7.60. The van der Waals surface area contributed by atoms with Gasteiger partial charge in [0.2, 0.25) is 0 Å². The van der Waals surface area contributed by atoms with Crippen molar-refractivity contribution in [1.82, 2.24) is 4.57 Å². The van der Waals surface area contributed by atoms with Crippen LogP contribution in [0, 0.1) is 0 Å². The fourth-order valence-electron chi connectivity index (χ4n) is 12.3. The number of furan rings is 1. The second-order valence-corrected chi connectivity index (χ2v) is 22.6. The summed E-state index contributed by atoms with van der Waals surface area (Å²) >= 11 is 1.91. The van der Waals surface area contributed by atoms with Crippen molar-refractivity contribution in [2.45, 2.75) is 77.6 Å². The first kappa shape index (κ1) is 37.8. The van der Waals surface area contributed by atoms with Crippen molar-refractivity contribution < 1.29 is 4.42 Å². The zero-order valence-corrected chi connectivity index (χ0v) is 38.9. The Labute approximate surface area is 384 Å². The van der Waals surface area contributed by atoms with Crippen molar-refractivity contribution in [2.75, 3.05) is 4.81 Å². The molecule has 1 aliphatic carbocycles. The minimum atomic E-state index is -0.154. The van der Waals surface area contributed by atoms with Gasteiger partial charge in [0, 0.05) is 69.9 Å². The number of rotatable bonds is 2. The molecule has 0 unspecified atom stereocenters. The molecule has 0 bridgehead atoms. The molecule has 2 aliphatic heterocycles. The smallest absolute Gasteiger partial charge is 0.333 e. The molecule has 0 fully saturated rings. The molecule has 11 aromatic rings. The number of fused-ring (bicyclic) bond motifs is 17. The summed E-state index contributed by atoms with van der Waals surface area (Å²) in [5.41, 5.74) is 20.0. The van der Waals surface area contributed by atoms with Crippen LogP contribution >= 0.6 is 11.3 Å². The van der Waals surface area contributed by atoms with E-state index >= 15 is 0 Å². The molecular formula is C60H49BN2OS. The van der Waals surface area contributed by atoms with E-state index in [9.17, 15) is 0 Å². The number of para-hydroxylation sites is 1. The molecule has 8 aromatic carbocycles. The molecule has 0 atom stereocenters. The summed E-state index contributed by atoms with van der Waals surface area (Å²) in [6.07, 6.45) is 2.29. The molecule has 5 heteroatoms. The number of aromatic nitrogens is 1. The third kappa shape index (κ3) is 5.03. The zero-order valence-electron chi connectivity index (χ0n) is 38.1. The molecule has 3 aliphatic rings. The Kier molecular flexibility index (Phi) is 7.33. The van der Waals surface area contributed by atoms with Crippen molar-refractivity contribution in [3.05, 3.63) is 162 Å². The lowest BCUT2D eigenvalue weighted by atomic mass is 9.43. The highest BCUT2D eigenvalue weighted by molar-refractivity contribution is 7.26. The fraction of sp³-hybridized carbons (Fsp3) is 0.200. The van der Waals surface area contributed by atoms with Gasteiger partial charge in [-0.05, 0) is 122 Å². The van der Waals surface area contributed by atoms with E-state index in [0.29, 0.717) is 0 Å². The number of benzene rings is 8. The minimum Gasteiger partial charge on any atom is -0.455 e. The average molecular weight is 857 g/mol. The lowest BCUT2D eigenvalue weighted by molar-refractivity contribution is 0.332. The van der Waals surface area contributed by atoms with Crippen LogP contribution in [0.5, 0.6) is 0 Å². The van der Waals surface area contributed by atoms with E-state index in [2.05, 4.69) is 203 Å². The standard InChI is InChI=1S/C60H49BN2OS/c1-58(2,3)36-24-25-46-41(29-36)52-53-39-21-11-13-22-49(39)64-57(53)54-42-30-43-44(60(6,7)27-26-59(43,4)5)32-47(42)63(37-19-15-18-35(28-37)34-16-9-8-10-17-34)61-45-31-40-38-20-12-14-23-50(38)65-51(40)33-48(45)62(46)56(52)55(54)61/h8-25,28-33H,26-27H2,1-7H3. The first-order chi connectivity index (χ1) is 31.4. The van der Waals surface area contributed by atoms with E-state index in [0.717, 1.165) is 24.0 Å². The Morgan fingerprint density at radius 3 is 2.12 bits per heavy atom. The lowest BCUT2D eigenvalue weighted by Gasteiger charge is -2.46. The third-order valence-electron chi connectivity index (χ3n) is 15.8. The van der Waals surface area contributed by atoms with Crippen LogP contribution in [0.15, 0.2) is 150 Å². The van der Waals surface area contributed by atoms with E-state index in [-0.39, 0.29) is 23.1 Å². The van der Waals surface area contributed by atoms with Gasteiger partial charge in [0.15, 0.2) is 0 Å². The molecule has 0 spiro atoms. The molecule has 314 valence electrons. The van der Waals surface area contributed by atoms with Crippen LogP contribution in [-0.4, -0.2) is 11.4 Å². The molecule has 0 saturated heterocycles. The Morgan fingerprint density at radius 1 is 0.600 bits per heavy atom. The maximum Gasteiger partial charge on any atom is 0.333 e. The number of thiophene rings is 1. The maximum absolute atomic E-state index is 7.38. The topological polar surface area (TPSA) is 21.3 Å². The molecule has 65 heavy (non-hydrogen) atoms. The summed E-state index contributed by atoms with van der Waals surface area (Å²) in [7, 11) is 0. The van der Waals surface area contributed by atoms with Crippen LogP contribution in [0.3, 0.4) is 0 Å². The van der Waals surface area contributed by atoms with Crippen LogP contribution in [0.1, 0.15) is 78.0 Å². The SMILES string of the molecule is CC(C)(C)c1ccc2c(c1)c1c3c(oc4ccccc43)c3c4c1n2-c1cc2sc5ccccc5c2cc1B4N(c1cccc(-c2ccccc2)c1)c1cc2c(cc1-3)C(C)(C)CCC2(C)C. The van der Waals surface area contributed by atoms with E-state index in [1.165, 1.54) is 120 Å². The summed E-state index contributed by atoms with van der Waals surface area (Å²) in [4.78, 5) is 2.73. The van der Waals surface area contributed by atoms with Crippen LogP contribution in [0.2, 0.25) is 0 Å². The summed E-state index contributed by atoms with van der Waals surface area (Å²) < 4.78 is 12.7. The molecule has 0 N–H and O–H groups in total. The predicted molar refractivity (Wildman–Crippen MR) is 279 cm³/mol. The van der Waals surface area contributed by atoms with Crippen molar-refractivity contribution >= 4 is 104 Å². The molecule has 5 heterocycles. The minimum absolute atomic E-state index is 0.0135. The van der Waals surface area contributed by atoms with E-state index in [1.54, 1.807) is 0 Å². The average Bonchev–Trinajstić information content (AvgIpc) is 3.98. The highest BCUT2D eigenvalue weighted by Gasteiger charge is 2.48. The Hall–Kier alpha value is -6.56. The third-order valence-corrected chi connectivity index (χ3v) is 16.9. The lowest BCUT2D eigenvalue weighted by Crippen LogP contribution is -2.60. The molecule has 0 amide bonds. The monoisotopic (exact) mass is 856 g/mol. The number of nitrogens with zero attached hydrogens (tertiary/aromatic N) is 2. The van der Waals surface area contributed by atoms with Crippen molar-refractivity contribution in [2.24, 2.45) is 0 Å². The van der Waals surface area contributed by atoms with Crippen LogP contribution < -0.4 is 15.7 Å². The first-order valence-corrected chi connectivity index (χ1v) is 24.2. The summed E-state index contributed by atoms with van der Waals surface area (Å²) in [6, 6.07) is 55.5. The quantitative estimate of drug-likeness (QED) is 0.162. The van der Waals surface area contributed by atoms with Crippen molar-refractivity contribution in [3.8, 4) is 27.9 Å². The van der Waals surface area contributed by atoms with Gasteiger partial charge < -0.3 is 13.8 Å². The van der Waals surface area contributed by atoms with E-state index < -0.39 is 0 Å². The van der Waals surface area contributed by atoms with Crippen molar-refractivity contribution in [3.63, 3.8) is 0 Å². The van der Waals surface area contributed by atoms with Crippen LogP contribution in [-0.2, 0) is 16.2 Å². The first-order valence-electron chi connectivity index (χ1n) is 23.4. The number of hydrogen-bond donors (Lipinski definition) is 0. The van der Waals surface area contributed by atoms with Crippen molar-refractivity contribution in [1.29, 1.82) is 0 Å². The number of hydrogen-bond acceptors (Lipinski definition) is 3. The van der Waals surface area contributed by atoms with E-state index in [4.69, 9.17) is 4.42 Å². The largest absolute Gasteiger partial charge is 0.455 e. The second kappa shape index (κ2) is 12.6. The van der Waals surface area contributed by atoms with Gasteiger partial charge in [-0.15, -0.1) is 11.3 Å². The van der Waals surface area contributed by atoms with Crippen LogP contribution in [0.4, 0.5) is 11.4 Å². The summed E-state index contributed by atoms with van der Waals surface area (Å²) in [5.74, 6) is 0. The Balaban J connectivity index is 1.23. The maximum atomic E-state index is 7.38. The normalized spacial score (nSPS) is 16.0. The second-order valence-electron chi connectivity index (χ2n) is 21.5. The van der Waals surface area contributed by atoms with Gasteiger partial charge in [-0.25, -0.2) is 0 Å². The van der Waals surface area contributed by atoms with Gasteiger partial charge in [-0.2, -0.15) is 0 Å². The molecule has 0 saturated carbocycles. The fourth-order valence-corrected chi connectivity index (χ4v) is 13.4. The van der Waals surface area contributed by atoms with Gasteiger partial charge in [0.1, 0.15) is 11.2 Å². The van der Waals surface area contributed by atoms with Gasteiger partial charge in [0.25, 0.3) is 0 Å². The van der Waals surface area contributed by atoms with E-state index in [1.807, 2.05) is 11.3 Å². The zero-order chi connectivity index (χ0) is 43.9. The Morgan fingerprint density at radius 2 is 1.32 bits per heavy atom. The highest BCUT2D eigenvalue weighted by Crippen LogP contribution is 2.56.